The summed E-state index contributed by atoms with van der Waals surface area (Å²) < 4.78 is 0. The van der Waals surface area contributed by atoms with Gasteiger partial charge in [0.25, 0.3) is 0 Å². The molecule has 0 atom stereocenters. The summed E-state index contributed by atoms with van der Waals surface area (Å²) in [4.78, 5) is 11.8. The third-order valence-corrected chi connectivity index (χ3v) is 4.42. The second-order valence-electron chi connectivity index (χ2n) is 4.66. The van der Waals surface area contributed by atoms with Gasteiger partial charge in [-0.2, -0.15) is 11.8 Å². The zero-order valence-electron chi connectivity index (χ0n) is 11.7. The maximum absolute atomic E-state index is 11.8. The third kappa shape index (κ3) is 5.82. The molecule has 0 bridgehead atoms. The number of nitrogens with one attached hydrogen (secondary N) is 1. The van der Waals surface area contributed by atoms with Gasteiger partial charge in [-0.1, -0.05) is 60.1 Å². The van der Waals surface area contributed by atoms with Gasteiger partial charge >= 0.3 is 0 Å². The second-order valence-corrected chi connectivity index (χ2v) is 6.17. The molecule has 0 saturated heterocycles. The average molecular weight is 320 g/mol. The topological polar surface area (TPSA) is 29.1 Å². The number of benzene rings is 2. The maximum atomic E-state index is 11.8. The number of thioether (sulfide) groups is 1. The van der Waals surface area contributed by atoms with Crippen LogP contribution in [0, 0.1) is 0 Å². The van der Waals surface area contributed by atoms with Gasteiger partial charge in [0, 0.05) is 29.5 Å². The van der Waals surface area contributed by atoms with E-state index in [1.54, 1.807) is 11.8 Å². The average Bonchev–Trinajstić information content (AvgIpc) is 2.52. The van der Waals surface area contributed by atoms with E-state index in [0.29, 0.717) is 18.0 Å². The lowest BCUT2D eigenvalue weighted by molar-refractivity contribution is -0.120. The number of carbonyl (C=O) groups is 1. The Kier molecular flexibility index (Phi) is 6.64. The van der Waals surface area contributed by atoms with Gasteiger partial charge in [-0.15, -0.1) is 0 Å². The lowest BCUT2D eigenvalue weighted by atomic mass is 10.2. The number of carbonyl (C=O) groups excluding carboxylic acids is 1. The quantitative estimate of drug-likeness (QED) is 0.772. The van der Waals surface area contributed by atoms with Gasteiger partial charge in [-0.25, -0.2) is 0 Å². The van der Waals surface area contributed by atoms with Gasteiger partial charge in [0.15, 0.2) is 0 Å². The van der Waals surface area contributed by atoms with E-state index < -0.39 is 0 Å². The molecule has 0 aliphatic rings. The van der Waals surface area contributed by atoms with Crippen molar-refractivity contribution in [2.45, 2.75) is 18.7 Å². The molecule has 110 valence electrons. The molecule has 1 N–H and O–H groups in total. The standard InChI is InChI=1S/C17H18ClNOS/c18-16-9-5-4-8-15(16)12-19-17(20)10-11-21-13-14-6-2-1-3-7-14/h1-9H,10-13H2,(H,19,20). The molecule has 2 aromatic carbocycles. The number of hydrogen-bond acceptors (Lipinski definition) is 2. The first-order chi connectivity index (χ1) is 10.3. The Hall–Kier alpha value is -1.45. The number of rotatable bonds is 7. The molecule has 0 radical (unpaired) electrons. The molecule has 0 aliphatic carbocycles. The van der Waals surface area contributed by atoms with Crippen molar-refractivity contribution >= 4 is 29.3 Å². The monoisotopic (exact) mass is 319 g/mol. The first-order valence-electron chi connectivity index (χ1n) is 6.87. The van der Waals surface area contributed by atoms with Crippen LogP contribution in [0.3, 0.4) is 0 Å². The van der Waals surface area contributed by atoms with Crippen LogP contribution in [0.15, 0.2) is 54.6 Å². The summed E-state index contributed by atoms with van der Waals surface area (Å²) in [7, 11) is 0. The van der Waals surface area contributed by atoms with Gasteiger partial charge in [0.1, 0.15) is 0 Å². The van der Waals surface area contributed by atoms with Crippen LogP contribution in [0.5, 0.6) is 0 Å². The number of amides is 1. The van der Waals surface area contributed by atoms with Crippen molar-refractivity contribution in [2.75, 3.05) is 5.75 Å². The second kappa shape index (κ2) is 8.75. The van der Waals surface area contributed by atoms with Crippen LogP contribution >= 0.6 is 23.4 Å². The molecular formula is C17H18ClNOS. The first-order valence-corrected chi connectivity index (χ1v) is 8.41. The van der Waals surface area contributed by atoms with E-state index in [2.05, 4.69) is 17.4 Å². The van der Waals surface area contributed by atoms with Gasteiger partial charge in [0.2, 0.25) is 5.91 Å². The van der Waals surface area contributed by atoms with E-state index in [-0.39, 0.29) is 5.91 Å². The highest BCUT2D eigenvalue weighted by Gasteiger charge is 2.03. The molecule has 2 rings (SSSR count). The van der Waals surface area contributed by atoms with Crippen molar-refractivity contribution in [2.24, 2.45) is 0 Å². The molecule has 21 heavy (non-hydrogen) atoms. The molecule has 0 fully saturated rings. The van der Waals surface area contributed by atoms with Gasteiger partial charge in [0.05, 0.1) is 0 Å². The van der Waals surface area contributed by atoms with Crippen LogP contribution in [-0.2, 0) is 17.1 Å². The predicted octanol–water partition coefficient (Wildman–Crippen LogP) is 4.28. The van der Waals surface area contributed by atoms with Crippen LogP contribution in [0.1, 0.15) is 17.5 Å². The highest BCUT2D eigenvalue weighted by molar-refractivity contribution is 7.98. The Morgan fingerprint density at radius 1 is 1.05 bits per heavy atom. The van der Waals surface area contributed by atoms with Crippen LogP contribution in [0.4, 0.5) is 0 Å². The van der Waals surface area contributed by atoms with E-state index in [1.807, 2.05) is 42.5 Å². The summed E-state index contributed by atoms with van der Waals surface area (Å²) in [5.41, 5.74) is 2.24. The van der Waals surface area contributed by atoms with Gasteiger partial charge in [-0.3, -0.25) is 4.79 Å². The van der Waals surface area contributed by atoms with Crippen LogP contribution in [-0.4, -0.2) is 11.7 Å². The lowest BCUT2D eigenvalue weighted by Crippen LogP contribution is -2.23. The summed E-state index contributed by atoms with van der Waals surface area (Å²) in [6.07, 6.45) is 0.530. The molecule has 4 heteroatoms. The van der Waals surface area contributed by atoms with Crippen molar-refractivity contribution in [1.29, 1.82) is 0 Å². The van der Waals surface area contributed by atoms with E-state index in [9.17, 15) is 4.79 Å². The molecule has 0 unspecified atom stereocenters. The normalized spacial score (nSPS) is 10.3. The summed E-state index contributed by atoms with van der Waals surface area (Å²) >= 11 is 7.82. The summed E-state index contributed by atoms with van der Waals surface area (Å²) in [6, 6.07) is 17.8. The van der Waals surface area contributed by atoms with Gasteiger partial charge < -0.3 is 5.32 Å². The Bertz CT molecular complexity index is 574. The van der Waals surface area contributed by atoms with E-state index >= 15 is 0 Å². The molecule has 2 nitrogen and oxygen atoms in total. The summed E-state index contributed by atoms with van der Waals surface area (Å²) in [6.45, 7) is 0.488. The molecule has 1 amide bonds. The fourth-order valence-corrected chi connectivity index (χ4v) is 2.96. The van der Waals surface area contributed by atoms with E-state index in [1.165, 1.54) is 5.56 Å². The minimum absolute atomic E-state index is 0.0653. The Morgan fingerprint density at radius 2 is 1.76 bits per heavy atom. The highest BCUT2D eigenvalue weighted by Crippen LogP contribution is 2.15. The summed E-state index contributed by atoms with van der Waals surface area (Å²) in [5, 5.41) is 3.59. The van der Waals surface area contributed by atoms with Crippen LogP contribution in [0.25, 0.3) is 0 Å². The zero-order chi connectivity index (χ0) is 14.9. The number of hydrogen-bond donors (Lipinski definition) is 1. The Morgan fingerprint density at radius 3 is 2.52 bits per heavy atom. The van der Waals surface area contributed by atoms with Crippen LogP contribution in [0.2, 0.25) is 5.02 Å². The molecule has 0 aliphatic heterocycles. The van der Waals surface area contributed by atoms with Crippen molar-refractivity contribution in [3.8, 4) is 0 Å². The van der Waals surface area contributed by atoms with E-state index in [0.717, 1.165) is 17.1 Å². The minimum atomic E-state index is 0.0653. The van der Waals surface area contributed by atoms with Crippen LogP contribution < -0.4 is 5.32 Å². The van der Waals surface area contributed by atoms with Crippen molar-refractivity contribution in [3.63, 3.8) is 0 Å². The molecule has 0 heterocycles. The Labute approximate surface area is 134 Å². The minimum Gasteiger partial charge on any atom is -0.352 e. The van der Waals surface area contributed by atoms with Crippen molar-refractivity contribution in [3.05, 3.63) is 70.7 Å². The molecule has 0 saturated carbocycles. The first kappa shape index (κ1) is 15.9. The zero-order valence-corrected chi connectivity index (χ0v) is 13.3. The van der Waals surface area contributed by atoms with E-state index in [4.69, 9.17) is 11.6 Å². The molecular weight excluding hydrogens is 302 g/mol. The molecule has 0 spiro atoms. The largest absolute Gasteiger partial charge is 0.352 e. The van der Waals surface area contributed by atoms with Gasteiger partial charge in [-0.05, 0) is 17.2 Å². The molecule has 2 aromatic rings. The predicted molar refractivity (Wildman–Crippen MR) is 90.5 cm³/mol. The third-order valence-electron chi connectivity index (χ3n) is 3.02. The number of halogens is 1. The maximum Gasteiger partial charge on any atom is 0.221 e. The SMILES string of the molecule is O=C(CCSCc1ccccc1)NCc1ccccc1Cl. The summed E-state index contributed by atoms with van der Waals surface area (Å²) in [5.74, 6) is 1.83. The fraction of sp³-hybridized carbons (Fsp3) is 0.235. The fourth-order valence-electron chi connectivity index (χ4n) is 1.85. The van der Waals surface area contributed by atoms with Crippen molar-refractivity contribution in [1.82, 2.24) is 5.32 Å². The molecule has 0 aromatic heterocycles. The smallest absolute Gasteiger partial charge is 0.221 e. The lowest BCUT2D eigenvalue weighted by Gasteiger charge is -2.07. The van der Waals surface area contributed by atoms with Crippen molar-refractivity contribution < 1.29 is 4.79 Å². The highest BCUT2D eigenvalue weighted by atomic mass is 35.5. The Balaban J connectivity index is 1.63.